The van der Waals surface area contributed by atoms with Crippen LogP contribution < -0.4 is 10.6 Å². The number of pyridine rings is 1. The number of carbonyl (C=O) groups excluding carboxylic acids is 1. The second kappa shape index (κ2) is 9.54. The van der Waals surface area contributed by atoms with Crippen LogP contribution in [0.15, 0.2) is 55.1 Å². The number of halogens is 1. The normalized spacial score (nSPS) is 10.7. The first-order valence-corrected chi connectivity index (χ1v) is 8.93. The van der Waals surface area contributed by atoms with Crippen molar-refractivity contribution in [3.8, 4) is 6.07 Å². The molecule has 1 amide bonds. The van der Waals surface area contributed by atoms with E-state index in [1.54, 1.807) is 31.3 Å². The molecule has 0 fully saturated rings. The van der Waals surface area contributed by atoms with Crippen molar-refractivity contribution < 1.29 is 4.79 Å². The number of allylic oxidation sites excluding steroid dienone is 2. The predicted molar refractivity (Wildman–Crippen MR) is 115 cm³/mol. The number of anilines is 1. The Morgan fingerprint density at radius 3 is 2.68 bits per heavy atom. The zero-order chi connectivity index (χ0) is 20.7. The fourth-order valence-electron chi connectivity index (χ4n) is 2.54. The number of amides is 1. The Labute approximate surface area is 170 Å². The maximum atomic E-state index is 11.9. The quantitative estimate of drug-likeness (QED) is 0.532. The van der Waals surface area contributed by atoms with Gasteiger partial charge in [-0.05, 0) is 36.8 Å². The van der Waals surface area contributed by atoms with Gasteiger partial charge in [0.1, 0.15) is 5.69 Å². The standard InChI is InChI=1S/C22H21ClN4O/c1-5-16(19-7-6-8-20(27-19)22(28)25-4)11-17-15(3)9-10-18(23)21(17)26-13-14(2)12-24/h5-11,26H,1-2,13H2,3-4H3,(H,25,28)/b16-11+. The van der Waals surface area contributed by atoms with E-state index in [1.807, 2.05) is 31.2 Å². The molecule has 5 nitrogen and oxygen atoms in total. The van der Waals surface area contributed by atoms with Gasteiger partial charge in [-0.15, -0.1) is 0 Å². The lowest BCUT2D eigenvalue weighted by molar-refractivity contribution is 0.0958. The van der Waals surface area contributed by atoms with Gasteiger partial charge in [0.25, 0.3) is 5.91 Å². The minimum atomic E-state index is -0.262. The Bertz CT molecular complexity index is 1000. The van der Waals surface area contributed by atoms with Crippen LogP contribution in [0.1, 0.15) is 27.3 Å². The van der Waals surface area contributed by atoms with E-state index < -0.39 is 0 Å². The zero-order valence-electron chi connectivity index (χ0n) is 15.8. The maximum Gasteiger partial charge on any atom is 0.269 e. The number of nitrogens with zero attached hydrogens (tertiary/aromatic N) is 2. The number of rotatable bonds is 7. The number of carbonyl (C=O) groups is 1. The minimum absolute atomic E-state index is 0.262. The fraction of sp³-hybridized carbons (Fsp3) is 0.136. The predicted octanol–water partition coefficient (Wildman–Crippen LogP) is 4.62. The molecule has 6 heteroatoms. The van der Waals surface area contributed by atoms with Crippen LogP contribution in [0.4, 0.5) is 5.69 Å². The summed E-state index contributed by atoms with van der Waals surface area (Å²) in [5, 5.41) is 15.2. The number of aromatic nitrogens is 1. The molecule has 2 rings (SSSR count). The molecule has 0 aliphatic heterocycles. The van der Waals surface area contributed by atoms with Gasteiger partial charge in [0.2, 0.25) is 0 Å². The van der Waals surface area contributed by atoms with E-state index in [-0.39, 0.29) is 12.5 Å². The van der Waals surface area contributed by atoms with Crippen molar-refractivity contribution >= 4 is 34.8 Å². The van der Waals surface area contributed by atoms with Gasteiger partial charge >= 0.3 is 0 Å². The minimum Gasteiger partial charge on any atom is -0.379 e. The summed E-state index contributed by atoms with van der Waals surface area (Å²) in [6.07, 6.45) is 3.58. The van der Waals surface area contributed by atoms with Crippen molar-refractivity contribution in [3.05, 3.63) is 82.7 Å². The molecule has 0 bridgehead atoms. The summed E-state index contributed by atoms with van der Waals surface area (Å²) < 4.78 is 0. The van der Waals surface area contributed by atoms with Gasteiger partial charge in [-0.25, -0.2) is 4.98 Å². The fourth-order valence-corrected chi connectivity index (χ4v) is 2.77. The summed E-state index contributed by atoms with van der Waals surface area (Å²) in [5.41, 5.74) is 4.59. The van der Waals surface area contributed by atoms with Crippen molar-refractivity contribution in [1.82, 2.24) is 10.3 Å². The maximum absolute atomic E-state index is 11.9. The van der Waals surface area contributed by atoms with Crippen LogP contribution >= 0.6 is 11.6 Å². The van der Waals surface area contributed by atoms with Crippen molar-refractivity contribution in [2.24, 2.45) is 0 Å². The number of nitriles is 1. The second-order valence-corrected chi connectivity index (χ2v) is 6.42. The van der Waals surface area contributed by atoms with E-state index in [4.69, 9.17) is 16.9 Å². The molecule has 0 aliphatic carbocycles. The molecule has 0 saturated heterocycles. The van der Waals surface area contributed by atoms with Gasteiger partial charge in [0, 0.05) is 30.3 Å². The number of benzene rings is 1. The zero-order valence-corrected chi connectivity index (χ0v) is 16.6. The van der Waals surface area contributed by atoms with Crippen LogP contribution in [0.3, 0.4) is 0 Å². The third-order valence-corrected chi connectivity index (χ3v) is 4.39. The van der Waals surface area contributed by atoms with Gasteiger partial charge in [0.05, 0.1) is 22.5 Å². The monoisotopic (exact) mass is 392 g/mol. The highest BCUT2D eigenvalue weighted by molar-refractivity contribution is 6.33. The van der Waals surface area contributed by atoms with Crippen molar-refractivity contribution in [2.45, 2.75) is 6.92 Å². The van der Waals surface area contributed by atoms with Crippen LogP contribution in [-0.2, 0) is 0 Å². The average Bonchev–Trinajstić information content (AvgIpc) is 2.72. The summed E-state index contributed by atoms with van der Waals surface area (Å²) in [6, 6.07) is 10.9. The molecule has 0 atom stereocenters. The van der Waals surface area contributed by atoms with E-state index in [0.29, 0.717) is 27.7 Å². The van der Waals surface area contributed by atoms with Crippen molar-refractivity contribution in [1.29, 1.82) is 5.26 Å². The lowest BCUT2D eigenvalue weighted by Gasteiger charge is -2.15. The molecule has 0 aliphatic rings. The SMILES string of the molecule is C=C/C(=C\c1c(C)ccc(Cl)c1NCC(=C)C#N)c1cccc(C(=O)NC)n1. The molecule has 2 N–H and O–H groups in total. The third kappa shape index (κ3) is 4.87. The first-order chi connectivity index (χ1) is 13.4. The van der Waals surface area contributed by atoms with E-state index in [2.05, 4.69) is 28.8 Å². The summed E-state index contributed by atoms with van der Waals surface area (Å²) in [6.45, 7) is 9.81. The van der Waals surface area contributed by atoms with E-state index in [1.165, 1.54) is 0 Å². The smallest absolute Gasteiger partial charge is 0.269 e. The lowest BCUT2D eigenvalue weighted by Crippen LogP contribution is -2.19. The molecule has 2 aromatic rings. The molecule has 0 unspecified atom stereocenters. The highest BCUT2D eigenvalue weighted by atomic mass is 35.5. The summed E-state index contributed by atoms with van der Waals surface area (Å²) >= 11 is 6.39. The molecule has 1 aromatic heterocycles. The molecular formula is C22H21ClN4O. The van der Waals surface area contributed by atoms with Crippen molar-refractivity contribution in [2.75, 3.05) is 18.9 Å². The third-order valence-electron chi connectivity index (χ3n) is 4.07. The summed E-state index contributed by atoms with van der Waals surface area (Å²) in [5.74, 6) is -0.262. The Hall–Kier alpha value is -3.36. The van der Waals surface area contributed by atoms with E-state index in [0.717, 1.165) is 16.7 Å². The Kier molecular flexibility index (Phi) is 7.14. The molecule has 28 heavy (non-hydrogen) atoms. The summed E-state index contributed by atoms with van der Waals surface area (Å²) in [4.78, 5) is 16.3. The molecule has 1 heterocycles. The molecule has 0 radical (unpaired) electrons. The van der Waals surface area contributed by atoms with Gasteiger partial charge in [0.15, 0.2) is 0 Å². The Balaban J connectivity index is 2.54. The molecule has 0 spiro atoms. The van der Waals surface area contributed by atoms with Gasteiger partial charge in [-0.3, -0.25) is 4.79 Å². The highest BCUT2D eigenvalue weighted by Gasteiger charge is 2.12. The first kappa shape index (κ1) is 20.9. The number of hydrogen-bond acceptors (Lipinski definition) is 4. The van der Waals surface area contributed by atoms with E-state index in [9.17, 15) is 4.79 Å². The average molecular weight is 393 g/mol. The van der Waals surface area contributed by atoms with Crippen LogP contribution in [0.5, 0.6) is 0 Å². The topological polar surface area (TPSA) is 77.8 Å². The largest absolute Gasteiger partial charge is 0.379 e. The van der Waals surface area contributed by atoms with Crippen LogP contribution in [-0.4, -0.2) is 24.5 Å². The van der Waals surface area contributed by atoms with Gasteiger partial charge in [-0.2, -0.15) is 5.26 Å². The molecular weight excluding hydrogens is 372 g/mol. The van der Waals surface area contributed by atoms with Crippen LogP contribution in [0.2, 0.25) is 5.02 Å². The summed E-state index contributed by atoms with van der Waals surface area (Å²) in [7, 11) is 1.56. The molecule has 142 valence electrons. The van der Waals surface area contributed by atoms with Crippen molar-refractivity contribution in [3.63, 3.8) is 0 Å². The van der Waals surface area contributed by atoms with Crippen LogP contribution in [0.25, 0.3) is 11.6 Å². The molecule has 0 saturated carbocycles. The number of hydrogen-bond donors (Lipinski definition) is 2. The van der Waals surface area contributed by atoms with Crippen LogP contribution in [0, 0.1) is 18.3 Å². The lowest BCUT2D eigenvalue weighted by atomic mass is 10.0. The Morgan fingerprint density at radius 1 is 1.32 bits per heavy atom. The highest BCUT2D eigenvalue weighted by Crippen LogP contribution is 2.32. The Morgan fingerprint density at radius 2 is 2.04 bits per heavy atom. The van der Waals surface area contributed by atoms with Gasteiger partial charge in [-0.1, -0.05) is 43.0 Å². The first-order valence-electron chi connectivity index (χ1n) is 8.55. The van der Waals surface area contributed by atoms with E-state index >= 15 is 0 Å². The number of nitrogens with one attached hydrogen (secondary N) is 2. The van der Waals surface area contributed by atoms with Gasteiger partial charge < -0.3 is 10.6 Å². The molecule has 1 aromatic carbocycles. The second-order valence-electron chi connectivity index (χ2n) is 6.01. The number of aryl methyl sites for hydroxylation is 1.